The summed E-state index contributed by atoms with van der Waals surface area (Å²) in [4.78, 5) is 2.83. The molecule has 0 spiro atoms. The molecule has 2 heterocycles. The molecule has 18 heavy (non-hydrogen) atoms. The van der Waals surface area contributed by atoms with Crippen LogP contribution in [0.1, 0.15) is 46.0 Å². The molecule has 104 valence electrons. The third-order valence-electron chi connectivity index (χ3n) is 5.38. The lowest BCUT2D eigenvalue weighted by molar-refractivity contribution is -0.0556. The number of ether oxygens (including phenoxy) is 1. The number of nitrogens with one attached hydrogen (secondary N) is 1. The molecule has 2 aliphatic heterocycles. The lowest BCUT2D eigenvalue weighted by Crippen LogP contribution is -2.64. The topological polar surface area (TPSA) is 24.5 Å². The Labute approximate surface area is 111 Å². The van der Waals surface area contributed by atoms with Gasteiger partial charge in [0.05, 0.1) is 0 Å². The van der Waals surface area contributed by atoms with Crippen molar-refractivity contribution in [1.82, 2.24) is 10.2 Å². The number of rotatable bonds is 3. The number of hydrogen-bond donors (Lipinski definition) is 1. The van der Waals surface area contributed by atoms with Gasteiger partial charge in [0, 0.05) is 43.9 Å². The van der Waals surface area contributed by atoms with Crippen molar-refractivity contribution in [1.29, 1.82) is 0 Å². The zero-order valence-corrected chi connectivity index (χ0v) is 12.0. The molecule has 0 aromatic carbocycles. The van der Waals surface area contributed by atoms with Gasteiger partial charge in [0.1, 0.15) is 0 Å². The van der Waals surface area contributed by atoms with Crippen LogP contribution in [0.15, 0.2) is 0 Å². The summed E-state index contributed by atoms with van der Waals surface area (Å²) in [6.45, 7) is 9.15. The van der Waals surface area contributed by atoms with E-state index in [1.165, 1.54) is 45.2 Å². The molecule has 0 radical (unpaired) electrons. The SMILES string of the molecule is CCC1CNC(C2CC2)CN1C1(C)CCOCC1. The van der Waals surface area contributed by atoms with Crippen LogP contribution in [-0.2, 0) is 4.74 Å². The Kier molecular flexibility index (Phi) is 3.65. The van der Waals surface area contributed by atoms with E-state index in [-0.39, 0.29) is 0 Å². The van der Waals surface area contributed by atoms with Gasteiger partial charge in [-0.2, -0.15) is 0 Å². The molecular formula is C15H28N2O. The minimum atomic E-state index is 0.383. The molecule has 2 unspecified atom stereocenters. The molecule has 3 fully saturated rings. The van der Waals surface area contributed by atoms with E-state index in [1.807, 2.05) is 0 Å². The minimum absolute atomic E-state index is 0.383. The lowest BCUT2D eigenvalue weighted by Gasteiger charge is -2.52. The summed E-state index contributed by atoms with van der Waals surface area (Å²) in [5, 5.41) is 3.80. The average molecular weight is 252 g/mol. The van der Waals surface area contributed by atoms with E-state index in [0.717, 1.165) is 31.2 Å². The highest BCUT2D eigenvalue weighted by Gasteiger charge is 2.43. The minimum Gasteiger partial charge on any atom is -0.381 e. The Hall–Kier alpha value is -0.120. The van der Waals surface area contributed by atoms with Gasteiger partial charge in [-0.3, -0.25) is 4.90 Å². The highest BCUT2D eigenvalue weighted by atomic mass is 16.5. The summed E-state index contributed by atoms with van der Waals surface area (Å²) in [6, 6.07) is 1.48. The van der Waals surface area contributed by atoms with Crippen molar-refractivity contribution in [2.24, 2.45) is 5.92 Å². The Morgan fingerprint density at radius 1 is 1.28 bits per heavy atom. The van der Waals surface area contributed by atoms with Gasteiger partial charge in [-0.1, -0.05) is 6.92 Å². The fourth-order valence-electron chi connectivity index (χ4n) is 3.76. The highest BCUT2D eigenvalue weighted by Crippen LogP contribution is 2.38. The van der Waals surface area contributed by atoms with Crippen molar-refractivity contribution in [2.75, 3.05) is 26.3 Å². The Balaban J connectivity index is 1.71. The summed E-state index contributed by atoms with van der Waals surface area (Å²) in [5.74, 6) is 0.966. The van der Waals surface area contributed by atoms with Crippen LogP contribution >= 0.6 is 0 Å². The molecule has 3 heteroatoms. The summed E-state index contributed by atoms with van der Waals surface area (Å²) >= 11 is 0. The monoisotopic (exact) mass is 252 g/mol. The van der Waals surface area contributed by atoms with E-state index in [2.05, 4.69) is 24.1 Å². The van der Waals surface area contributed by atoms with Crippen molar-refractivity contribution in [3.8, 4) is 0 Å². The molecule has 2 saturated heterocycles. The maximum atomic E-state index is 5.57. The van der Waals surface area contributed by atoms with E-state index in [9.17, 15) is 0 Å². The molecule has 2 atom stereocenters. The Morgan fingerprint density at radius 3 is 2.61 bits per heavy atom. The van der Waals surface area contributed by atoms with Crippen molar-refractivity contribution >= 4 is 0 Å². The Bertz CT molecular complexity index is 284. The molecule has 0 amide bonds. The highest BCUT2D eigenvalue weighted by molar-refractivity contribution is 5.00. The largest absolute Gasteiger partial charge is 0.381 e. The first-order valence-corrected chi connectivity index (χ1v) is 7.81. The maximum absolute atomic E-state index is 5.57. The average Bonchev–Trinajstić information content (AvgIpc) is 3.23. The third kappa shape index (κ3) is 2.45. The van der Waals surface area contributed by atoms with E-state index >= 15 is 0 Å². The van der Waals surface area contributed by atoms with E-state index < -0.39 is 0 Å². The fraction of sp³-hybridized carbons (Fsp3) is 1.00. The molecule has 3 rings (SSSR count). The van der Waals surface area contributed by atoms with Crippen molar-refractivity contribution in [2.45, 2.75) is 63.6 Å². The standard InChI is InChI=1S/C15H28N2O/c1-3-13-10-16-14(12-4-5-12)11-17(13)15(2)6-8-18-9-7-15/h12-14,16H,3-11H2,1-2H3. The molecule has 0 bridgehead atoms. The van der Waals surface area contributed by atoms with E-state index in [1.54, 1.807) is 0 Å². The summed E-state index contributed by atoms with van der Waals surface area (Å²) in [6.07, 6.45) is 6.58. The van der Waals surface area contributed by atoms with E-state index in [4.69, 9.17) is 4.74 Å². The summed E-state index contributed by atoms with van der Waals surface area (Å²) in [7, 11) is 0. The second kappa shape index (κ2) is 5.10. The molecule has 0 aromatic heterocycles. The van der Waals surface area contributed by atoms with E-state index in [0.29, 0.717) is 5.54 Å². The molecule has 1 N–H and O–H groups in total. The van der Waals surface area contributed by atoms with Crippen LogP contribution in [0, 0.1) is 5.92 Å². The van der Waals surface area contributed by atoms with Crippen LogP contribution in [0.5, 0.6) is 0 Å². The van der Waals surface area contributed by atoms with Crippen LogP contribution in [0.2, 0.25) is 0 Å². The van der Waals surface area contributed by atoms with Crippen LogP contribution < -0.4 is 5.32 Å². The predicted molar refractivity (Wildman–Crippen MR) is 73.8 cm³/mol. The molecule has 1 aliphatic carbocycles. The summed E-state index contributed by atoms with van der Waals surface area (Å²) < 4.78 is 5.57. The Morgan fingerprint density at radius 2 is 2.00 bits per heavy atom. The van der Waals surface area contributed by atoms with Gasteiger partial charge >= 0.3 is 0 Å². The second-order valence-corrected chi connectivity index (χ2v) is 6.68. The van der Waals surface area contributed by atoms with Gasteiger partial charge in [-0.05, 0) is 44.9 Å². The van der Waals surface area contributed by atoms with Crippen LogP contribution in [-0.4, -0.2) is 48.8 Å². The van der Waals surface area contributed by atoms with Gasteiger partial charge in [0.25, 0.3) is 0 Å². The molecular weight excluding hydrogens is 224 g/mol. The first-order valence-electron chi connectivity index (χ1n) is 7.81. The zero-order valence-electron chi connectivity index (χ0n) is 12.0. The second-order valence-electron chi connectivity index (χ2n) is 6.68. The van der Waals surface area contributed by atoms with Crippen LogP contribution in [0.4, 0.5) is 0 Å². The molecule has 3 nitrogen and oxygen atoms in total. The first-order chi connectivity index (χ1) is 8.73. The lowest BCUT2D eigenvalue weighted by atomic mass is 9.86. The molecule has 3 aliphatic rings. The van der Waals surface area contributed by atoms with Crippen LogP contribution in [0.3, 0.4) is 0 Å². The number of hydrogen-bond acceptors (Lipinski definition) is 3. The van der Waals surface area contributed by atoms with Gasteiger partial charge < -0.3 is 10.1 Å². The molecule has 1 saturated carbocycles. The van der Waals surface area contributed by atoms with Gasteiger partial charge in [-0.25, -0.2) is 0 Å². The quantitative estimate of drug-likeness (QED) is 0.831. The van der Waals surface area contributed by atoms with Gasteiger partial charge in [0.15, 0.2) is 0 Å². The summed E-state index contributed by atoms with van der Waals surface area (Å²) in [5.41, 5.74) is 0.383. The fourth-order valence-corrected chi connectivity index (χ4v) is 3.76. The van der Waals surface area contributed by atoms with Gasteiger partial charge in [0.2, 0.25) is 0 Å². The molecule has 0 aromatic rings. The van der Waals surface area contributed by atoms with Crippen molar-refractivity contribution in [3.05, 3.63) is 0 Å². The van der Waals surface area contributed by atoms with Crippen molar-refractivity contribution < 1.29 is 4.74 Å². The first kappa shape index (κ1) is 12.9. The zero-order chi connectivity index (χ0) is 12.6. The number of piperazine rings is 1. The smallest absolute Gasteiger partial charge is 0.0483 e. The normalized spacial score (nSPS) is 37.7. The predicted octanol–water partition coefficient (Wildman–Crippen LogP) is 2.02. The van der Waals surface area contributed by atoms with Crippen molar-refractivity contribution in [3.63, 3.8) is 0 Å². The maximum Gasteiger partial charge on any atom is 0.0483 e. The van der Waals surface area contributed by atoms with Crippen LogP contribution in [0.25, 0.3) is 0 Å². The third-order valence-corrected chi connectivity index (χ3v) is 5.38. The van der Waals surface area contributed by atoms with Gasteiger partial charge in [-0.15, -0.1) is 0 Å². The number of nitrogens with zero attached hydrogens (tertiary/aromatic N) is 1.